The third kappa shape index (κ3) is 7.10. The number of guanidine groups is 1. The van der Waals surface area contributed by atoms with Crippen LogP contribution in [0.5, 0.6) is 5.75 Å². The number of aromatic hydroxyl groups is 1. The van der Waals surface area contributed by atoms with Crippen LogP contribution in [0.3, 0.4) is 0 Å². The molecule has 0 aromatic heterocycles. The van der Waals surface area contributed by atoms with Crippen LogP contribution in [0.4, 0.5) is 0 Å². The van der Waals surface area contributed by atoms with E-state index < -0.39 is 11.5 Å². The highest BCUT2D eigenvalue weighted by atomic mass is 16.3. The van der Waals surface area contributed by atoms with Crippen LogP contribution in [0, 0.1) is 5.41 Å². The average molecular weight is 550 g/mol. The van der Waals surface area contributed by atoms with E-state index in [1.165, 1.54) is 0 Å². The highest BCUT2D eigenvalue weighted by Crippen LogP contribution is 2.39. The number of nitrogens with two attached hydrogens (primary N) is 1. The Balaban J connectivity index is 1.70. The monoisotopic (exact) mass is 549 g/mol. The molecule has 0 saturated heterocycles. The molecule has 0 unspecified atom stereocenters. The zero-order valence-corrected chi connectivity index (χ0v) is 22.7. The van der Waals surface area contributed by atoms with Gasteiger partial charge in [0.2, 0.25) is 11.8 Å². The fourth-order valence-electron chi connectivity index (χ4n) is 4.95. The Labute approximate surface area is 240 Å². The summed E-state index contributed by atoms with van der Waals surface area (Å²) in [6.45, 7) is 0.618. The number of carbonyl (C=O) groups excluding carboxylic acids is 2. The summed E-state index contributed by atoms with van der Waals surface area (Å²) in [4.78, 5) is 28.2. The van der Waals surface area contributed by atoms with Crippen LogP contribution in [-0.4, -0.2) is 35.5 Å². The van der Waals surface area contributed by atoms with Gasteiger partial charge < -0.3 is 26.8 Å². The molecule has 0 aliphatic heterocycles. The Kier molecular flexibility index (Phi) is 9.72. The van der Waals surface area contributed by atoms with Crippen molar-refractivity contribution in [3.63, 3.8) is 0 Å². The average Bonchev–Trinajstić information content (AvgIpc) is 3.00. The van der Waals surface area contributed by atoms with Gasteiger partial charge in [-0.3, -0.25) is 15.0 Å². The maximum atomic E-state index is 14.6. The molecule has 0 radical (unpaired) electrons. The van der Waals surface area contributed by atoms with E-state index in [9.17, 15) is 14.7 Å². The first-order valence-corrected chi connectivity index (χ1v) is 13.5. The second-order valence-electron chi connectivity index (χ2n) is 9.74. The topological polar surface area (TPSA) is 140 Å². The summed E-state index contributed by atoms with van der Waals surface area (Å²) in [6, 6.07) is 34.4. The molecule has 0 aliphatic carbocycles. The van der Waals surface area contributed by atoms with Crippen LogP contribution in [-0.2, 0) is 21.5 Å². The van der Waals surface area contributed by atoms with Gasteiger partial charge in [-0.1, -0.05) is 103 Å². The molecule has 4 rings (SSSR count). The summed E-state index contributed by atoms with van der Waals surface area (Å²) in [7, 11) is 0. The third-order valence-corrected chi connectivity index (χ3v) is 6.97. The van der Waals surface area contributed by atoms with Gasteiger partial charge >= 0.3 is 0 Å². The molecule has 0 aliphatic rings. The second-order valence-corrected chi connectivity index (χ2v) is 9.74. The number of phenolic OH excluding ortho intramolecular Hbond substituents is 1. The van der Waals surface area contributed by atoms with Crippen LogP contribution in [0.15, 0.2) is 115 Å². The molecule has 0 spiro atoms. The third-order valence-electron chi connectivity index (χ3n) is 6.97. The zero-order chi connectivity index (χ0) is 29.1. The molecule has 0 saturated carbocycles. The van der Waals surface area contributed by atoms with Crippen LogP contribution in [0.2, 0.25) is 0 Å². The van der Waals surface area contributed by atoms with Gasteiger partial charge in [-0.2, -0.15) is 0 Å². The molecule has 210 valence electrons. The first-order valence-electron chi connectivity index (χ1n) is 13.5. The molecular formula is C33H35N5O3. The van der Waals surface area contributed by atoms with Gasteiger partial charge in [0.25, 0.3) is 0 Å². The Hall–Kier alpha value is -5.11. The SMILES string of the molecule is N=C(N)NCCC[C@@H](NC(=O)C(c1ccccc1)(c1ccccc1)c1ccccc1)C(=O)NCc1ccc(O)cc1. The Morgan fingerprint density at radius 2 is 1.24 bits per heavy atom. The first-order chi connectivity index (χ1) is 19.9. The molecule has 4 aromatic carbocycles. The molecule has 8 heteroatoms. The van der Waals surface area contributed by atoms with E-state index in [-0.39, 0.29) is 30.1 Å². The number of phenols is 1. The molecule has 7 N–H and O–H groups in total. The van der Waals surface area contributed by atoms with Gasteiger partial charge in [-0.15, -0.1) is 0 Å². The number of rotatable bonds is 12. The maximum absolute atomic E-state index is 14.6. The molecule has 2 amide bonds. The fraction of sp³-hybridized carbons (Fsp3) is 0.182. The lowest BCUT2D eigenvalue weighted by atomic mass is 9.68. The summed E-state index contributed by atoms with van der Waals surface area (Å²) < 4.78 is 0. The summed E-state index contributed by atoms with van der Waals surface area (Å²) >= 11 is 0. The summed E-state index contributed by atoms with van der Waals surface area (Å²) in [5.41, 5.74) is 7.34. The summed E-state index contributed by atoms with van der Waals surface area (Å²) in [5, 5.41) is 25.8. The van der Waals surface area contributed by atoms with Crippen molar-refractivity contribution < 1.29 is 14.7 Å². The van der Waals surface area contributed by atoms with E-state index in [0.717, 1.165) is 22.3 Å². The van der Waals surface area contributed by atoms with Crippen molar-refractivity contribution in [2.45, 2.75) is 30.8 Å². The Morgan fingerprint density at radius 3 is 1.71 bits per heavy atom. The van der Waals surface area contributed by atoms with E-state index in [1.54, 1.807) is 24.3 Å². The number of amides is 2. The van der Waals surface area contributed by atoms with E-state index in [1.807, 2.05) is 91.0 Å². The van der Waals surface area contributed by atoms with E-state index in [0.29, 0.717) is 19.4 Å². The van der Waals surface area contributed by atoms with Crippen LogP contribution in [0.25, 0.3) is 0 Å². The lowest BCUT2D eigenvalue weighted by Gasteiger charge is -2.35. The quantitative estimate of drug-likeness (QED) is 0.0691. The smallest absolute Gasteiger partial charge is 0.242 e. The number of carbonyl (C=O) groups is 2. The van der Waals surface area contributed by atoms with Gasteiger partial charge in [0.1, 0.15) is 17.2 Å². The molecule has 1 atom stereocenters. The van der Waals surface area contributed by atoms with Crippen molar-refractivity contribution in [1.29, 1.82) is 5.41 Å². The minimum atomic E-state index is -1.23. The Morgan fingerprint density at radius 1 is 0.756 bits per heavy atom. The Bertz CT molecular complexity index is 1330. The first kappa shape index (κ1) is 28.9. The number of benzene rings is 4. The van der Waals surface area contributed by atoms with Crippen molar-refractivity contribution in [3.8, 4) is 5.75 Å². The lowest BCUT2D eigenvalue weighted by molar-refractivity contribution is -0.130. The molecule has 0 heterocycles. The highest BCUT2D eigenvalue weighted by molar-refractivity contribution is 5.98. The second kappa shape index (κ2) is 13.8. The number of hydrogen-bond acceptors (Lipinski definition) is 4. The number of nitrogens with one attached hydrogen (secondary N) is 4. The van der Waals surface area contributed by atoms with E-state index in [4.69, 9.17) is 11.1 Å². The summed E-state index contributed by atoms with van der Waals surface area (Å²) in [6.07, 6.45) is 0.814. The van der Waals surface area contributed by atoms with Crippen molar-refractivity contribution in [2.75, 3.05) is 6.54 Å². The van der Waals surface area contributed by atoms with Crippen molar-refractivity contribution in [2.24, 2.45) is 5.73 Å². The molecule has 8 nitrogen and oxygen atoms in total. The predicted octanol–water partition coefficient (Wildman–Crippen LogP) is 3.79. The molecule has 4 aromatic rings. The van der Waals surface area contributed by atoms with Gasteiger partial charge in [0.15, 0.2) is 5.96 Å². The van der Waals surface area contributed by atoms with Crippen LogP contribution < -0.4 is 21.7 Å². The molecule has 41 heavy (non-hydrogen) atoms. The van der Waals surface area contributed by atoms with Gasteiger partial charge in [0.05, 0.1) is 0 Å². The summed E-state index contributed by atoms with van der Waals surface area (Å²) in [5.74, 6) is -0.677. The maximum Gasteiger partial charge on any atom is 0.242 e. The van der Waals surface area contributed by atoms with Gasteiger partial charge in [0, 0.05) is 13.1 Å². The van der Waals surface area contributed by atoms with Crippen LogP contribution in [0.1, 0.15) is 35.1 Å². The van der Waals surface area contributed by atoms with Gasteiger partial charge in [-0.05, 0) is 47.2 Å². The molecule has 0 fully saturated rings. The minimum absolute atomic E-state index is 0.141. The largest absolute Gasteiger partial charge is 0.508 e. The number of hydrogen-bond donors (Lipinski definition) is 6. The predicted molar refractivity (Wildman–Crippen MR) is 160 cm³/mol. The standard InChI is InChI=1S/C33H35N5O3/c34-32(35)36-22-10-17-29(30(40)37-23-24-18-20-28(39)21-19-24)38-31(41)33(25-11-4-1-5-12-25,26-13-6-2-7-14-26)27-15-8-3-9-16-27/h1-9,11-16,18-21,29,39H,10,17,22-23H2,(H,37,40)(H,38,41)(H4,34,35,36)/t29-/m1/s1. The van der Waals surface area contributed by atoms with E-state index >= 15 is 0 Å². The fourth-order valence-corrected chi connectivity index (χ4v) is 4.95. The molecular weight excluding hydrogens is 514 g/mol. The van der Waals surface area contributed by atoms with E-state index in [2.05, 4.69) is 16.0 Å². The minimum Gasteiger partial charge on any atom is -0.508 e. The van der Waals surface area contributed by atoms with Crippen molar-refractivity contribution in [1.82, 2.24) is 16.0 Å². The van der Waals surface area contributed by atoms with Crippen molar-refractivity contribution in [3.05, 3.63) is 138 Å². The van der Waals surface area contributed by atoms with Crippen molar-refractivity contribution >= 4 is 17.8 Å². The highest BCUT2D eigenvalue weighted by Gasteiger charge is 2.44. The zero-order valence-electron chi connectivity index (χ0n) is 22.7. The normalized spacial score (nSPS) is 11.7. The molecule has 0 bridgehead atoms. The van der Waals surface area contributed by atoms with Crippen LogP contribution >= 0.6 is 0 Å². The van der Waals surface area contributed by atoms with Gasteiger partial charge in [-0.25, -0.2) is 0 Å². The lowest BCUT2D eigenvalue weighted by Crippen LogP contribution is -2.54.